The molecule has 25 heavy (non-hydrogen) atoms. The SMILES string of the molecule is CN(C)c1c(N2CCC(CCNS(N)(=O)=O)CC2)cnc2ncnn12. The molecule has 0 bridgehead atoms. The molecule has 1 aliphatic heterocycles. The summed E-state index contributed by atoms with van der Waals surface area (Å²) < 4.78 is 26.0. The fraction of sp³-hybridized carbons (Fsp3) is 0.643. The Balaban J connectivity index is 1.67. The molecule has 0 saturated carbocycles. The zero-order valence-corrected chi connectivity index (χ0v) is 15.3. The summed E-state index contributed by atoms with van der Waals surface area (Å²) in [6.07, 6.45) is 6.14. The molecule has 0 amide bonds. The summed E-state index contributed by atoms with van der Waals surface area (Å²) in [6, 6.07) is 0. The first-order valence-electron chi connectivity index (χ1n) is 8.23. The number of fused-ring (bicyclic) bond motifs is 1. The molecule has 0 radical (unpaired) electrons. The number of nitrogens with zero attached hydrogens (tertiary/aromatic N) is 6. The van der Waals surface area contributed by atoms with Crippen molar-refractivity contribution in [2.24, 2.45) is 11.1 Å². The number of nitrogens with two attached hydrogens (primary N) is 1. The molecule has 2 aromatic heterocycles. The lowest BCUT2D eigenvalue weighted by molar-refractivity contribution is 0.381. The van der Waals surface area contributed by atoms with Crippen molar-refractivity contribution >= 4 is 27.5 Å². The van der Waals surface area contributed by atoms with Crippen LogP contribution in [0.5, 0.6) is 0 Å². The van der Waals surface area contributed by atoms with Gasteiger partial charge in [-0.3, -0.25) is 0 Å². The van der Waals surface area contributed by atoms with Crippen LogP contribution in [0.15, 0.2) is 12.5 Å². The normalized spacial score (nSPS) is 16.5. The van der Waals surface area contributed by atoms with Crippen LogP contribution in [-0.2, 0) is 10.2 Å². The van der Waals surface area contributed by atoms with Crippen molar-refractivity contribution < 1.29 is 8.42 Å². The maximum Gasteiger partial charge on any atom is 0.274 e. The van der Waals surface area contributed by atoms with Gasteiger partial charge in [0, 0.05) is 33.7 Å². The minimum absolute atomic E-state index is 0.388. The fourth-order valence-corrected chi connectivity index (χ4v) is 3.67. The Bertz CT molecular complexity index is 826. The highest BCUT2D eigenvalue weighted by Gasteiger charge is 2.24. The van der Waals surface area contributed by atoms with Gasteiger partial charge in [-0.25, -0.2) is 14.8 Å². The molecule has 1 aliphatic rings. The van der Waals surface area contributed by atoms with Gasteiger partial charge in [0.25, 0.3) is 16.0 Å². The van der Waals surface area contributed by atoms with Gasteiger partial charge in [-0.05, 0) is 25.2 Å². The smallest absolute Gasteiger partial charge is 0.274 e. The van der Waals surface area contributed by atoms with Crippen LogP contribution in [0.2, 0.25) is 0 Å². The molecular weight excluding hydrogens is 344 g/mol. The highest BCUT2D eigenvalue weighted by atomic mass is 32.2. The predicted octanol–water partition coefficient (Wildman–Crippen LogP) is -0.410. The zero-order chi connectivity index (χ0) is 18.0. The van der Waals surface area contributed by atoms with Gasteiger partial charge in [-0.15, -0.1) is 0 Å². The molecule has 0 spiro atoms. The molecule has 1 saturated heterocycles. The first-order valence-corrected chi connectivity index (χ1v) is 9.78. The van der Waals surface area contributed by atoms with Crippen molar-refractivity contribution in [3.8, 4) is 0 Å². The molecular formula is C14H24N8O2S. The van der Waals surface area contributed by atoms with Gasteiger partial charge < -0.3 is 9.80 Å². The van der Waals surface area contributed by atoms with Gasteiger partial charge in [0.2, 0.25) is 0 Å². The molecule has 11 heteroatoms. The Hall–Kier alpha value is -1.98. The van der Waals surface area contributed by atoms with Crippen molar-refractivity contribution in [2.45, 2.75) is 19.3 Å². The number of anilines is 2. The van der Waals surface area contributed by atoms with E-state index >= 15 is 0 Å². The molecule has 2 aromatic rings. The van der Waals surface area contributed by atoms with E-state index < -0.39 is 10.2 Å². The first kappa shape index (κ1) is 17.8. The largest absolute Gasteiger partial charge is 0.367 e. The lowest BCUT2D eigenvalue weighted by atomic mass is 9.93. The molecule has 3 rings (SSSR count). The first-order chi connectivity index (χ1) is 11.8. The summed E-state index contributed by atoms with van der Waals surface area (Å²) in [6.45, 7) is 2.17. The van der Waals surface area contributed by atoms with Crippen LogP contribution in [0.25, 0.3) is 5.78 Å². The summed E-state index contributed by atoms with van der Waals surface area (Å²) in [5, 5.41) is 9.23. The second-order valence-corrected chi connectivity index (χ2v) is 7.87. The van der Waals surface area contributed by atoms with E-state index in [4.69, 9.17) is 5.14 Å². The van der Waals surface area contributed by atoms with Crippen LogP contribution in [0.4, 0.5) is 11.5 Å². The van der Waals surface area contributed by atoms with E-state index in [1.54, 1.807) is 4.52 Å². The molecule has 0 unspecified atom stereocenters. The van der Waals surface area contributed by atoms with E-state index in [1.807, 2.05) is 25.2 Å². The Morgan fingerprint density at radius 2 is 2.04 bits per heavy atom. The molecule has 10 nitrogen and oxygen atoms in total. The molecule has 0 atom stereocenters. The predicted molar refractivity (Wildman–Crippen MR) is 95.8 cm³/mol. The van der Waals surface area contributed by atoms with Gasteiger partial charge in [0.15, 0.2) is 5.82 Å². The monoisotopic (exact) mass is 368 g/mol. The Morgan fingerprint density at radius 1 is 1.32 bits per heavy atom. The average Bonchev–Trinajstić information content (AvgIpc) is 3.01. The third-order valence-corrected chi connectivity index (χ3v) is 5.10. The van der Waals surface area contributed by atoms with E-state index in [0.717, 1.165) is 43.9 Å². The topological polar surface area (TPSA) is 122 Å². The minimum Gasteiger partial charge on any atom is -0.367 e. The summed E-state index contributed by atoms with van der Waals surface area (Å²) in [7, 11) is 0.357. The van der Waals surface area contributed by atoms with Gasteiger partial charge in [0.05, 0.1) is 11.9 Å². The third kappa shape index (κ3) is 4.17. The van der Waals surface area contributed by atoms with Crippen LogP contribution in [0.1, 0.15) is 19.3 Å². The summed E-state index contributed by atoms with van der Waals surface area (Å²) in [5.41, 5.74) is 1.03. The van der Waals surface area contributed by atoms with Crippen molar-refractivity contribution in [1.29, 1.82) is 0 Å². The van der Waals surface area contributed by atoms with Gasteiger partial charge >= 0.3 is 0 Å². The van der Waals surface area contributed by atoms with Gasteiger partial charge in [0.1, 0.15) is 6.33 Å². The lowest BCUT2D eigenvalue weighted by Crippen LogP contribution is -2.37. The minimum atomic E-state index is -3.60. The standard InChI is InChI=1S/C14H24N8O2S/c1-20(2)13-12(9-16-14-17-10-18-22(13)14)21-7-4-11(5-8-21)3-6-19-25(15,23)24/h9-11,19H,3-8H2,1-2H3,(H2,15,23,24). The van der Waals surface area contributed by atoms with Gasteiger partial charge in [-0.2, -0.15) is 23.0 Å². The Morgan fingerprint density at radius 3 is 2.68 bits per heavy atom. The van der Waals surface area contributed by atoms with E-state index in [2.05, 4.69) is 24.7 Å². The molecule has 1 fully saturated rings. The van der Waals surface area contributed by atoms with Crippen LogP contribution >= 0.6 is 0 Å². The lowest BCUT2D eigenvalue weighted by Gasteiger charge is -2.35. The van der Waals surface area contributed by atoms with Crippen LogP contribution < -0.4 is 19.7 Å². The van der Waals surface area contributed by atoms with E-state index in [9.17, 15) is 8.42 Å². The van der Waals surface area contributed by atoms with E-state index in [1.165, 1.54) is 6.33 Å². The highest BCUT2D eigenvalue weighted by molar-refractivity contribution is 7.87. The zero-order valence-electron chi connectivity index (χ0n) is 14.5. The maximum atomic E-state index is 10.9. The third-order valence-electron chi connectivity index (χ3n) is 4.50. The number of hydrogen-bond acceptors (Lipinski definition) is 7. The molecule has 0 aliphatic carbocycles. The quantitative estimate of drug-likeness (QED) is 0.711. The summed E-state index contributed by atoms with van der Waals surface area (Å²) in [5.74, 6) is 2.02. The van der Waals surface area contributed by atoms with Crippen molar-refractivity contribution in [1.82, 2.24) is 24.3 Å². The summed E-state index contributed by atoms with van der Waals surface area (Å²) >= 11 is 0. The van der Waals surface area contributed by atoms with Crippen LogP contribution in [0, 0.1) is 5.92 Å². The second kappa shape index (κ2) is 7.10. The van der Waals surface area contributed by atoms with Crippen LogP contribution in [-0.4, -0.2) is 61.7 Å². The van der Waals surface area contributed by atoms with Gasteiger partial charge in [-0.1, -0.05) is 0 Å². The highest BCUT2D eigenvalue weighted by Crippen LogP contribution is 2.31. The Labute approximate surface area is 147 Å². The maximum absolute atomic E-state index is 10.9. The van der Waals surface area contributed by atoms with Crippen molar-refractivity contribution in [3.05, 3.63) is 12.5 Å². The number of piperidine rings is 1. The fourth-order valence-electron chi connectivity index (χ4n) is 3.27. The summed E-state index contributed by atoms with van der Waals surface area (Å²) in [4.78, 5) is 12.8. The average molecular weight is 368 g/mol. The van der Waals surface area contributed by atoms with E-state index in [0.29, 0.717) is 18.2 Å². The van der Waals surface area contributed by atoms with E-state index in [-0.39, 0.29) is 0 Å². The number of hydrogen-bond donors (Lipinski definition) is 2. The molecule has 3 N–H and O–H groups in total. The molecule has 0 aromatic carbocycles. The number of nitrogens with one attached hydrogen (secondary N) is 1. The molecule has 138 valence electrons. The van der Waals surface area contributed by atoms with Crippen molar-refractivity contribution in [3.63, 3.8) is 0 Å². The molecule has 3 heterocycles. The Kier molecular flexibility index (Phi) is 5.06. The number of aromatic nitrogens is 4. The van der Waals surface area contributed by atoms with Crippen molar-refractivity contribution in [2.75, 3.05) is 43.5 Å². The van der Waals surface area contributed by atoms with Crippen LogP contribution in [0.3, 0.4) is 0 Å². The second-order valence-electron chi connectivity index (χ2n) is 6.49. The number of rotatable bonds is 6.